The maximum absolute atomic E-state index is 12.8. The van der Waals surface area contributed by atoms with Gasteiger partial charge in [0.05, 0.1) is 19.3 Å². The van der Waals surface area contributed by atoms with Gasteiger partial charge in [-0.3, -0.25) is 9.59 Å². The van der Waals surface area contributed by atoms with Crippen molar-refractivity contribution in [3.8, 4) is 17.1 Å². The summed E-state index contributed by atoms with van der Waals surface area (Å²) in [6.07, 6.45) is 1.64. The van der Waals surface area contributed by atoms with Gasteiger partial charge in [0.2, 0.25) is 5.91 Å². The van der Waals surface area contributed by atoms with Crippen molar-refractivity contribution in [1.82, 2.24) is 15.4 Å². The van der Waals surface area contributed by atoms with Gasteiger partial charge in [0, 0.05) is 30.1 Å². The number of methoxy groups -OCH3 is 1. The van der Waals surface area contributed by atoms with E-state index < -0.39 is 0 Å². The highest BCUT2D eigenvalue weighted by Crippen LogP contribution is 2.26. The summed E-state index contributed by atoms with van der Waals surface area (Å²) in [7, 11) is 1.60. The Hall–Kier alpha value is -3.55. The molecule has 0 bridgehead atoms. The van der Waals surface area contributed by atoms with E-state index in [1.165, 1.54) is 0 Å². The number of nitrogens with zero attached hydrogens (tertiary/aromatic N) is 2. The summed E-state index contributed by atoms with van der Waals surface area (Å²) in [6, 6.07) is 10.8. The van der Waals surface area contributed by atoms with Crippen LogP contribution in [0.2, 0.25) is 0 Å². The fourth-order valence-corrected chi connectivity index (χ4v) is 3.91. The molecule has 8 heteroatoms. The van der Waals surface area contributed by atoms with E-state index in [2.05, 4.69) is 10.5 Å². The van der Waals surface area contributed by atoms with Gasteiger partial charge in [0.1, 0.15) is 17.3 Å². The number of aryl methyl sites for hydroxylation is 2. The summed E-state index contributed by atoms with van der Waals surface area (Å²) in [6.45, 7) is 4.76. The Labute approximate surface area is 186 Å². The van der Waals surface area contributed by atoms with Crippen molar-refractivity contribution < 1.29 is 23.3 Å². The number of aromatic nitrogens is 1. The summed E-state index contributed by atoms with van der Waals surface area (Å²) in [5.74, 6) is 2.07. The fraction of sp³-hybridized carbons (Fsp3) is 0.375. The van der Waals surface area contributed by atoms with Crippen LogP contribution in [0.5, 0.6) is 5.75 Å². The predicted molar refractivity (Wildman–Crippen MR) is 117 cm³/mol. The average molecular weight is 437 g/mol. The Morgan fingerprint density at radius 1 is 1.25 bits per heavy atom. The van der Waals surface area contributed by atoms with Crippen molar-refractivity contribution in [1.29, 1.82) is 0 Å². The predicted octanol–water partition coefficient (Wildman–Crippen LogP) is 3.87. The van der Waals surface area contributed by atoms with Gasteiger partial charge >= 0.3 is 0 Å². The van der Waals surface area contributed by atoms with E-state index in [-0.39, 0.29) is 23.6 Å². The standard InChI is InChI=1S/C24H27N3O5/c1-15-20(16(2)32-26-15)14-27-12-11-18(7-10-23(27)28)25-24(29)22-9-8-21(31-22)17-5-4-6-19(13-17)30-3/h4-6,8-9,13,18H,7,10-12,14H2,1-3H3,(H,25,29). The van der Waals surface area contributed by atoms with Gasteiger partial charge in [0.15, 0.2) is 5.76 Å². The van der Waals surface area contributed by atoms with E-state index in [0.29, 0.717) is 43.9 Å². The molecular formula is C24H27N3O5. The van der Waals surface area contributed by atoms with E-state index in [1.54, 1.807) is 19.2 Å². The maximum Gasteiger partial charge on any atom is 0.287 e. The van der Waals surface area contributed by atoms with Crippen molar-refractivity contribution in [2.45, 2.75) is 45.7 Å². The molecule has 32 heavy (non-hydrogen) atoms. The summed E-state index contributed by atoms with van der Waals surface area (Å²) in [4.78, 5) is 27.2. The molecule has 4 rings (SSSR count). The molecule has 3 heterocycles. The second kappa shape index (κ2) is 9.30. The van der Waals surface area contributed by atoms with Gasteiger partial charge < -0.3 is 23.9 Å². The lowest BCUT2D eigenvalue weighted by Crippen LogP contribution is -2.35. The van der Waals surface area contributed by atoms with E-state index >= 15 is 0 Å². The van der Waals surface area contributed by atoms with Crippen LogP contribution in [0.25, 0.3) is 11.3 Å². The summed E-state index contributed by atoms with van der Waals surface area (Å²) in [5.41, 5.74) is 2.58. The van der Waals surface area contributed by atoms with Gasteiger partial charge in [-0.25, -0.2) is 0 Å². The summed E-state index contributed by atoms with van der Waals surface area (Å²) < 4.78 is 16.2. The highest BCUT2D eigenvalue weighted by Gasteiger charge is 2.26. The van der Waals surface area contributed by atoms with E-state index in [4.69, 9.17) is 13.7 Å². The van der Waals surface area contributed by atoms with Crippen molar-refractivity contribution in [2.24, 2.45) is 0 Å². The van der Waals surface area contributed by atoms with Crippen molar-refractivity contribution in [3.63, 3.8) is 0 Å². The highest BCUT2D eigenvalue weighted by molar-refractivity contribution is 5.92. The van der Waals surface area contributed by atoms with Crippen LogP contribution in [0, 0.1) is 13.8 Å². The Kier molecular flexibility index (Phi) is 6.30. The number of hydrogen-bond acceptors (Lipinski definition) is 6. The molecule has 8 nitrogen and oxygen atoms in total. The molecule has 1 N–H and O–H groups in total. The monoisotopic (exact) mass is 437 g/mol. The van der Waals surface area contributed by atoms with Crippen LogP contribution in [-0.4, -0.2) is 41.6 Å². The largest absolute Gasteiger partial charge is 0.497 e. The molecule has 1 aliphatic rings. The quantitative estimate of drug-likeness (QED) is 0.629. The molecule has 0 radical (unpaired) electrons. The first-order valence-corrected chi connectivity index (χ1v) is 10.7. The van der Waals surface area contributed by atoms with Crippen molar-refractivity contribution in [3.05, 3.63) is 59.2 Å². The molecule has 168 valence electrons. The number of hydrogen-bond donors (Lipinski definition) is 1. The Morgan fingerprint density at radius 2 is 2.09 bits per heavy atom. The van der Waals surface area contributed by atoms with Crippen LogP contribution in [0.1, 0.15) is 46.8 Å². The van der Waals surface area contributed by atoms with Gasteiger partial charge in [0.25, 0.3) is 5.91 Å². The molecule has 0 spiro atoms. The minimum atomic E-state index is -0.282. The van der Waals surface area contributed by atoms with Crippen LogP contribution in [0.15, 0.2) is 45.3 Å². The Bertz CT molecular complexity index is 1100. The van der Waals surface area contributed by atoms with E-state index in [9.17, 15) is 9.59 Å². The molecule has 2 aromatic heterocycles. The Balaban J connectivity index is 1.38. The zero-order valence-corrected chi connectivity index (χ0v) is 18.5. The molecule has 3 aromatic rings. The minimum Gasteiger partial charge on any atom is -0.497 e. The first kappa shape index (κ1) is 21.7. The fourth-order valence-electron chi connectivity index (χ4n) is 3.91. The number of nitrogens with one attached hydrogen (secondary N) is 1. The SMILES string of the molecule is COc1cccc(-c2ccc(C(=O)NC3CCC(=O)N(Cc4c(C)noc4C)CC3)o2)c1. The first-order valence-electron chi connectivity index (χ1n) is 10.7. The van der Waals surface area contributed by atoms with Crippen LogP contribution >= 0.6 is 0 Å². The highest BCUT2D eigenvalue weighted by atomic mass is 16.5. The molecule has 2 amide bonds. The molecule has 1 unspecified atom stereocenters. The molecule has 1 fully saturated rings. The van der Waals surface area contributed by atoms with Gasteiger partial charge in [-0.05, 0) is 51.0 Å². The average Bonchev–Trinajstić information content (AvgIpc) is 3.37. The topological polar surface area (TPSA) is 97.8 Å². The smallest absolute Gasteiger partial charge is 0.287 e. The van der Waals surface area contributed by atoms with Crippen molar-refractivity contribution in [2.75, 3.05) is 13.7 Å². The lowest BCUT2D eigenvalue weighted by Gasteiger charge is -2.21. The normalized spacial score (nSPS) is 16.7. The number of carbonyl (C=O) groups excluding carboxylic acids is 2. The van der Waals surface area contributed by atoms with Crippen LogP contribution in [0.3, 0.4) is 0 Å². The Morgan fingerprint density at radius 3 is 2.84 bits per heavy atom. The van der Waals surface area contributed by atoms with E-state index in [1.807, 2.05) is 43.0 Å². The number of benzene rings is 1. The van der Waals surface area contributed by atoms with Gasteiger partial charge in [-0.15, -0.1) is 0 Å². The van der Waals surface area contributed by atoms with Gasteiger partial charge in [-0.2, -0.15) is 0 Å². The molecular weight excluding hydrogens is 410 g/mol. The molecule has 1 aliphatic heterocycles. The summed E-state index contributed by atoms with van der Waals surface area (Å²) >= 11 is 0. The maximum atomic E-state index is 12.8. The lowest BCUT2D eigenvalue weighted by molar-refractivity contribution is -0.131. The molecule has 1 aromatic carbocycles. The number of likely N-dealkylation sites (tertiary alicyclic amines) is 1. The number of amides is 2. The third kappa shape index (κ3) is 4.69. The number of furan rings is 1. The van der Waals surface area contributed by atoms with Crippen molar-refractivity contribution >= 4 is 11.8 Å². The molecule has 0 aliphatic carbocycles. The zero-order chi connectivity index (χ0) is 22.7. The number of ether oxygens (including phenoxy) is 1. The number of carbonyl (C=O) groups is 2. The second-order valence-corrected chi connectivity index (χ2v) is 8.01. The van der Waals surface area contributed by atoms with Crippen LogP contribution in [-0.2, 0) is 11.3 Å². The van der Waals surface area contributed by atoms with Crippen LogP contribution < -0.4 is 10.1 Å². The lowest BCUT2D eigenvalue weighted by atomic mass is 10.1. The first-order chi connectivity index (χ1) is 15.4. The van der Waals surface area contributed by atoms with Crippen LogP contribution in [0.4, 0.5) is 0 Å². The third-order valence-electron chi connectivity index (χ3n) is 5.86. The molecule has 1 saturated heterocycles. The van der Waals surface area contributed by atoms with E-state index in [0.717, 1.165) is 22.6 Å². The zero-order valence-electron chi connectivity index (χ0n) is 18.5. The second-order valence-electron chi connectivity index (χ2n) is 8.01. The molecule has 1 atom stereocenters. The minimum absolute atomic E-state index is 0.0695. The summed E-state index contributed by atoms with van der Waals surface area (Å²) in [5, 5.41) is 6.98. The molecule has 0 saturated carbocycles. The number of rotatable bonds is 6. The van der Waals surface area contributed by atoms with Gasteiger partial charge in [-0.1, -0.05) is 17.3 Å². The third-order valence-corrected chi connectivity index (χ3v) is 5.86.